The number of aryl methyl sites for hydroxylation is 1. The molecule has 0 spiro atoms. The number of carbonyl (C=O) groups excluding carboxylic acids is 1. The summed E-state index contributed by atoms with van der Waals surface area (Å²) in [5.41, 5.74) is 0.771. The summed E-state index contributed by atoms with van der Waals surface area (Å²) in [6.45, 7) is 0. The third-order valence-electron chi connectivity index (χ3n) is 2.68. The molecule has 0 N–H and O–H groups in total. The predicted molar refractivity (Wildman–Crippen MR) is 70.2 cm³/mol. The molecule has 0 fully saturated rings. The average molecular weight is 270 g/mol. The zero-order valence-electron chi connectivity index (χ0n) is 10.3. The minimum Gasteiger partial charge on any atom is -0.482 e. The summed E-state index contributed by atoms with van der Waals surface area (Å²) in [6.07, 6.45) is 3.49. The van der Waals surface area contributed by atoms with Crippen molar-refractivity contribution in [1.82, 2.24) is 0 Å². The van der Waals surface area contributed by atoms with Crippen LogP contribution >= 0.6 is 0 Å². The molecule has 0 saturated carbocycles. The lowest BCUT2D eigenvalue weighted by Gasteiger charge is -2.24. The zero-order valence-corrected chi connectivity index (χ0v) is 11.1. The Hall–Kier alpha value is -1.36. The van der Waals surface area contributed by atoms with E-state index in [4.69, 9.17) is 4.74 Å². The molecule has 1 aliphatic rings. The largest absolute Gasteiger partial charge is 0.482 e. The molecule has 0 saturated heterocycles. The standard InChI is InChI=1S/C13H15FO3S/c1-18(2,16)8-11(15)13-5-3-9-7-10(14)4-6-12(9)17-13/h4,6-8,13H,3,5H2,1-2H3/t13-/m1/s1. The van der Waals surface area contributed by atoms with Gasteiger partial charge in [0.2, 0.25) is 5.78 Å². The summed E-state index contributed by atoms with van der Waals surface area (Å²) in [5, 5.41) is 1.23. The van der Waals surface area contributed by atoms with Crippen LogP contribution in [0.5, 0.6) is 5.75 Å². The summed E-state index contributed by atoms with van der Waals surface area (Å²) in [7, 11) is -2.22. The maximum Gasteiger partial charge on any atom is 0.203 e. The first-order valence-electron chi connectivity index (χ1n) is 5.63. The van der Waals surface area contributed by atoms with Crippen LogP contribution in [0.2, 0.25) is 0 Å². The summed E-state index contributed by atoms with van der Waals surface area (Å²) in [5.74, 6) is -0.0353. The first kappa shape index (κ1) is 13.1. The van der Waals surface area contributed by atoms with Crippen molar-refractivity contribution in [3.8, 4) is 5.75 Å². The molecule has 1 atom stereocenters. The summed E-state index contributed by atoms with van der Waals surface area (Å²) in [6, 6.07) is 4.25. The Balaban J connectivity index is 2.20. The van der Waals surface area contributed by atoms with E-state index in [9.17, 15) is 13.4 Å². The van der Waals surface area contributed by atoms with Gasteiger partial charge in [0, 0.05) is 17.9 Å². The van der Waals surface area contributed by atoms with Crippen molar-refractivity contribution in [2.24, 2.45) is 0 Å². The van der Waals surface area contributed by atoms with Gasteiger partial charge in [-0.05, 0) is 46.1 Å². The number of benzene rings is 1. The minimum atomic E-state index is -2.22. The molecule has 0 unspecified atom stereocenters. The van der Waals surface area contributed by atoms with E-state index in [-0.39, 0.29) is 11.6 Å². The van der Waals surface area contributed by atoms with Crippen LogP contribution in [-0.4, -0.2) is 34.0 Å². The smallest absolute Gasteiger partial charge is 0.203 e. The second kappa shape index (κ2) is 4.72. The Bertz CT molecular complexity index is 592. The lowest BCUT2D eigenvalue weighted by Crippen LogP contribution is -2.33. The van der Waals surface area contributed by atoms with Gasteiger partial charge >= 0.3 is 0 Å². The van der Waals surface area contributed by atoms with E-state index in [1.807, 2.05) is 0 Å². The topological polar surface area (TPSA) is 43.4 Å². The fraction of sp³-hybridized carbons (Fsp3) is 0.385. The molecule has 1 aromatic rings. The summed E-state index contributed by atoms with van der Waals surface area (Å²) >= 11 is 0. The quantitative estimate of drug-likeness (QED) is 0.764. The van der Waals surface area contributed by atoms with E-state index in [0.29, 0.717) is 18.6 Å². The number of hydrogen-bond acceptors (Lipinski definition) is 3. The van der Waals surface area contributed by atoms with Crippen molar-refractivity contribution >= 4 is 20.7 Å². The van der Waals surface area contributed by atoms with Gasteiger partial charge in [-0.1, -0.05) is 0 Å². The molecule has 5 heteroatoms. The van der Waals surface area contributed by atoms with E-state index in [1.165, 1.54) is 36.1 Å². The fourth-order valence-electron chi connectivity index (χ4n) is 1.91. The number of hydrogen-bond donors (Lipinski definition) is 0. The van der Waals surface area contributed by atoms with Gasteiger partial charge in [-0.3, -0.25) is 9.00 Å². The van der Waals surface area contributed by atoms with Crippen LogP contribution < -0.4 is 4.74 Å². The second-order valence-corrected chi connectivity index (χ2v) is 7.58. The number of ketones is 1. The minimum absolute atomic E-state index is 0.264. The Kier molecular flexibility index (Phi) is 3.43. The third kappa shape index (κ3) is 3.10. The SMILES string of the molecule is CS(C)(=O)=CC(=O)[C@H]1CCc2cc(F)ccc2O1. The lowest BCUT2D eigenvalue weighted by molar-refractivity contribution is -0.119. The maximum absolute atomic E-state index is 13.0. The van der Waals surface area contributed by atoms with Crippen molar-refractivity contribution < 1.29 is 18.1 Å². The Morgan fingerprint density at radius 3 is 2.89 bits per heavy atom. The lowest BCUT2D eigenvalue weighted by atomic mass is 10.0. The van der Waals surface area contributed by atoms with Crippen LogP contribution in [0.1, 0.15) is 12.0 Å². The molecule has 18 heavy (non-hydrogen) atoms. The van der Waals surface area contributed by atoms with E-state index < -0.39 is 15.6 Å². The van der Waals surface area contributed by atoms with E-state index in [0.717, 1.165) is 5.56 Å². The molecule has 0 aromatic heterocycles. The molecule has 2 rings (SSSR count). The first-order chi connectivity index (χ1) is 8.35. The van der Waals surface area contributed by atoms with Crippen molar-refractivity contribution in [1.29, 1.82) is 0 Å². The number of fused-ring (bicyclic) bond motifs is 1. The molecule has 1 aliphatic heterocycles. The number of carbonyl (C=O) groups is 1. The van der Waals surface area contributed by atoms with Crippen molar-refractivity contribution in [2.45, 2.75) is 18.9 Å². The van der Waals surface area contributed by atoms with Crippen LogP contribution in [0.3, 0.4) is 0 Å². The van der Waals surface area contributed by atoms with Crippen molar-refractivity contribution in [3.05, 3.63) is 29.6 Å². The van der Waals surface area contributed by atoms with Gasteiger partial charge in [0.15, 0.2) is 6.10 Å². The van der Waals surface area contributed by atoms with Gasteiger partial charge in [-0.25, -0.2) is 4.39 Å². The normalized spacial score (nSPS) is 18.7. The molecule has 0 bridgehead atoms. The highest BCUT2D eigenvalue weighted by Gasteiger charge is 2.25. The molecule has 0 amide bonds. The molecule has 3 nitrogen and oxygen atoms in total. The molecule has 98 valence electrons. The molecular formula is C13H15FO3S. The highest BCUT2D eigenvalue weighted by molar-refractivity contribution is 8.01. The number of ether oxygens (including phenoxy) is 1. The van der Waals surface area contributed by atoms with Crippen LogP contribution in [0.25, 0.3) is 0 Å². The van der Waals surface area contributed by atoms with Gasteiger partial charge in [-0.2, -0.15) is 0 Å². The van der Waals surface area contributed by atoms with Crippen LogP contribution in [0, 0.1) is 5.82 Å². The zero-order chi connectivity index (χ0) is 13.3. The first-order valence-corrected chi connectivity index (χ1v) is 8.07. The number of Topliss-reactive ketones (excluding diaryl/α,β-unsaturated/α-hetero) is 1. The van der Waals surface area contributed by atoms with Gasteiger partial charge in [0.25, 0.3) is 0 Å². The predicted octanol–water partition coefficient (Wildman–Crippen LogP) is 1.43. The van der Waals surface area contributed by atoms with E-state index in [1.54, 1.807) is 0 Å². The Labute approximate surface area is 106 Å². The van der Waals surface area contributed by atoms with E-state index in [2.05, 4.69) is 0 Å². The fourth-order valence-corrected chi connectivity index (χ4v) is 2.62. The molecule has 0 aliphatic carbocycles. The highest BCUT2D eigenvalue weighted by Crippen LogP contribution is 2.28. The van der Waals surface area contributed by atoms with Gasteiger partial charge in [0.1, 0.15) is 11.6 Å². The Morgan fingerprint density at radius 2 is 2.22 bits per heavy atom. The van der Waals surface area contributed by atoms with Gasteiger partial charge in [0.05, 0.1) is 0 Å². The van der Waals surface area contributed by atoms with Crippen molar-refractivity contribution in [3.63, 3.8) is 0 Å². The number of rotatable bonds is 2. The average Bonchev–Trinajstić information content (AvgIpc) is 2.26. The van der Waals surface area contributed by atoms with Gasteiger partial charge < -0.3 is 4.74 Å². The van der Waals surface area contributed by atoms with Crippen molar-refractivity contribution in [2.75, 3.05) is 12.5 Å². The van der Waals surface area contributed by atoms with Crippen LogP contribution in [-0.2, 0) is 20.7 Å². The van der Waals surface area contributed by atoms with Gasteiger partial charge in [-0.15, -0.1) is 0 Å². The van der Waals surface area contributed by atoms with E-state index >= 15 is 0 Å². The van der Waals surface area contributed by atoms with Crippen LogP contribution in [0.4, 0.5) is 4.39 Å². The maximum atomic E-state index is 13.0. The molecular weight excluding hydrogens is 255 g/mol. The monoisotopic (exact) mass is 270 g/mol. The molecule has 0 radical (unpaired) electrons. The molecule has 1 heterocycles. The summed E-state index contributed by atoms with van der Waals surface area (Å²) < 4.78 is 30.1. The van der Waals surface area contributed by atoms with Crippen LogP contribution in [0.15, 0.2) is 18.2 Å². The third-order valence-corrected chi connectivity index (χ3v) is 3.48. The number of halogens is 1. The summed E-state index contributed by atoms with van der Waals surface area (Å²) in [4.78, 5) is 11.9. The molecule has 1 aromatic carbocycles. The highest BCUT2D eigenvalue weighted by atomic mass is 32.2. The Morgan fingerprint density at radius 1 is 1.50 bits per heavy atom. The second-order valence-electron chi connectivity index (χ2n) is 4.73.